The fourth-order valence-electron chi connectivity index (χ4n) is 4.10. The molecular weight excluding hydrogens is 323 g/mol. The van der Waals surface area contributed by atoms with Gasteiger partial charge in [-0.05, 0) is 25.0 Å². The molecule has 1 aromatic carbocycles. The van der Waals surface area contributed by atoms with Gasteiger partial charge in [-0.1, -0.05) is 6.07 Å². The highest BCUT2D eigenvalue weighted by atomic mass is 19.1. The zero-order valence-corrected chi connectivity index (χ0v) is 14.2. The molecule has 0 bridgehead atoms. The van der Waals surface area contributed by atoms with Gasteiger partial charge in [0.1, 0.15) is 5.82 Å². The third-order valence-corrected chi connectivity index (χ3v) is 5.44. The molecule has 1 N–H and O–H groups in total. The summed E-state index contributed by atoms with van der Waals surface area (Å²) < 4.78 is 14.5. The van der Waals surface area contributed by atoms with Gasteiger partial charge < -0.3 is 15.1 Å². The molecule has 2 amide bonds. The van der Waals surface area contributed by atoms with E-state index in [1.165, 1.54) is 6.07 Å². The number of fused-ring (bicyclic) bond motifs is 1. The first-order chi connectivity index (χ1) is 12.1. The van der Waals surface area contributed by atoms with Gasteiger partial charge in [-0.25, -0.2) is 4.39 Å². The number of nitrogens with one attached hydrogen (secondary N) is 1. The van der Waals surface area contributed by atoms with Gasteiger partial charge in [0.05, 0.1) is 6.04 Å². The van der Waals surface area contributed by atoms with Crippen LogP contribution in [0.2, 0.25) is 0 Å². The van der Waals surface area contributed by atoms with Gasteiger partial charge >= 0.3 is 11.8 Å². The van der Waals surface area contributed by atoms with Gasteiger partial charge in [-0.15, -0.1) is 0 Å². The Morgan fingerprint density at radius 1 is 1.12 bits per heavy atom. The fraction of sp³-hybridized carbons (Fsp3) is 0.556. The number of hydrogen-bond acceptors (Lipinski definition) is 4. The molecular formula is C18H23FN4O2. The van der Waals surface area contributed by atoms with Gasteiger partial charge in [-0.3, -0.25) is 14.5 Å². The van der Waals surface area contributed by atoms with E-state index in [1.807, 2.05) is 6.07 Å². The van der Waals surface area contributed by atoms with Gasteiger partial charge in [0.15, 0.2) is 0 Å². The Labute approximate surface area is 146 Å². The molecule has 0 aromatic heterocycles. The summed E-state index contributed by atoms with van der Waals surface area (Å²) in [6.07, 6.45) is 2.30. The summed E-state index contributed by atoms with van der Waals surface area (Å²) in [6, 6.07) is 5.28. The van der Waals surface area contributed by atoms with Crippen molar-refractivity contribution >= 4 is 17.5 Å². The van der Waals surface area contributed by atoms with Crippen LogP contribution in [0, 0.1) is 5.82 Å². The first-order valence-corrected chi connectivity index (χ1v) is 8.97. The van der Waals surface area contributed by atoms with Crippen LogP contribution in [0.1, 0.15) is 18.4 Å². The lowest BCUT2D eigenvalue weighted by Gasteiger charge is -2.43. The second kappa shape index (κ2) is 6.63. The number of hydrogen-bond donors (Lipinski definition) is 1. The molecule has 3 aliphatic rings. The highest BCUT2D eigenvalue weighted by molar-refractivity contribution is 6.35. The van der Waals surface area contributed by atoms with Gasteiger partial charge in [-0.2, -0.15) is 0 Å². The van der Waals surface area contributed by atoms with E-state index in [1.54, 1.807) is 11.0 Å². The Morgan fingerprint density at radius 2 is 1.92 bits per heavy atom. The summed E-state index contributed by atoms with van der Waals surface area (Å²) in [6.45, 7) is 4.79. The minimum absolute atomic E-state index is 0.0269. The minimum atomic E-state index is -0.518. The number of benzene rings is 1. The number of rotatable bonds is 3. The molecule has 3 fully saturated rings. The van der Waals surface area contributed by atoms with Crippen LogP contribution in [0.4, 0.5) is 10.1 Å². The summed E-state index contributed by atoms with van der Waals surface area (Å²) in [5.74, 6) is -1.13. The summed E-state index contributed by atoms with van der Waals surface area (Å²) in [4.78, 5) is 29.5. The number of nitrogens with zero attached hydrogens (tertiary/aromatic N) is 3. The van der Waals surface area contributed by atoms with Crippen molar-refractivity contribution in [2.75, 3.05) is 44.2 Å². The minimum Gasteiger partial charge on any atom is -0.371 e. The van der Waals surface area contributed by atoms with Crippen molar-refractivity contribution in [3.05, 3.63) is 29.6 Å². The predicted molar refractivity (Wildman–Crippen MR) is 91.6 cm³/mol. The largest absolute Gasteiger partial charge is 0.371 e. The Morgan fingerprint density at radius 3 is 2.72 bits per heavy atom. The molecule has 3 heterocycles. The third-order valence-electron chi connectivity index (χ3n) is 5.44. The molecule has 0 spiro atoms. The highest BCUT2D eigenvalue weighted by Crippen LogP contribution is 2.28. The van der Waals surface area contributed by atoms with Crippen molar-refractivity contribution in [1.29, 1.82) is 0 Å². The van der Waals surface area contributed by atoms with E-state index >= 15 is 0 Å². The summed E-state index contributed by atoms with van der Waals surface area (Å²) >= 11 is 0. The lowest BCUT2D eigenvalue weighted by atomic mass is 10.1. The molecule has 0 radical (unpaired) electrons. The molecule has 134 valence electrons. The molecule has 0 unspecified atom stereocenters. The zero-order chi connectivity index (χ0) is 17.4. The van der Waals surface area contributed by atoms with E-state index in [2.05, 4.69) is 15.1 Å². The lowest BCUT2D eigenvalue weighted by molar-refractivity contribution is -0.152. The van der Waals surface area contributed by atoms with E-state index in [9.17, 15) is 14.0 Å². The van der Waals surface area contributed by atoms with Crippen LogP contribution in [-0.4, -0.2) is 66.9 Å². The van der Waals surface area contributed by atoms with Gasteiger partial charge in [0.25, 0.3) is 0 Å². The highest BCUT2D eigenvalue weighted by Gasteiger charge is 2.37. The normalized spacial score (nSPS) is 24.4. The van der Waals surface area contributed by atoms with Crippen molar-refractivity contribution in [2.24, 2.45) is 0 Å². The van der Waals surface area contributed by atoms with Crippen LogP contribution in [0.15, 0.2) is 18.2 Å². The summed E-state index contributed by atoms with van der Waals surface area (Å²) in [5.41, 5.74) is 1.73. The smallest absolute Gasteiger partial charge is 0.312 e. The molecule has 25 heavy (non-hydrogen) atoms. The average Bonchev–Trinajstić information content (AvgIpc) is 3.14. The Hall–Kier alpha value is -2.15. The summed E-state index contributed by atoms with van der Waals surface area (Å²) in [5, 5.41) is 2.64. The summed E-state index contributed by atoms with van der Waals surface area (Å²) in [7, 11) is 0. The van der Waals surface area contributed by atoms with Crippen molar-refractivity contribution < 1.29 is 14.0 Å². The molecule has 3 saturated heterocycles. The van der Waals surface area contributed by atoms with Crippen LogP contribution in [-0.2, 0) is 16.1 Å². The first kappa shape index (κ1) is 16.3. The third kappa shape index (κ3) is 3.08. The maximum absolute atomic E-state index is 14.5. The molecule has 0 saturated carbocycles. The van der Waals surface area contributed by atoms with E-state index in [4.69, 9.17) is 0 Å². The van der Waals surface area contributed by atoms with E-state index in [0.29, 0.717) is 32.7 Å². The predicted octanol–water partition coefficient (Wildman–Crippen LogP) is 0.568. The first-order valence-electron chi connectivity index (χ1n) is 8.97. The number of piperazine rings is 2. The molecule has 7 heteroatoms. The van der Waals surface area contributed by atoms with Crippen molar-refractivity contribution in [1.82, 2.24) is 15.1 Å². The second-order valence-corrected chi connectivity index (χ2v) is 7.03. The molecule has 3 aliphatic heterocycles. The molecule has 6 nitrogen and oxygen atoms in total. The molecule has 1 aromatic rings. The average molecular weight is 346 g/mol. The van der Waals surface area contributed by atoms with E-state index < -0.39 is 11.8 Å². The van der Waals surface area contributed by atoms with Gasteiger partial charge in [0, 0.05) is 57.1 Å². The van der Waals surface area contributed by atoms with Crippen molar-refractivity contribution in [3.63, 3.8) is 0 Å². The molecule has 0 aliphatic carbocycles. The van der Waals surface area contributed by atoms with E-state index in [-0.39, 0.29) is 11.9 Å². The Kier molecular flexibility index (Phi) is 4.33. The maximum atomic E-state index is 14.5. The number of carbonyl (C=O) groups excluding carboxylic acids is 2. The van der Waals surface area contributed by atoms with Crippen LogP contribution in [0.25, 0.3) is 0 Å². The number of carbonyl (C=O) groups is 2. The standard InChI is InChI=1S/C18H23FN4O2/c19-15-4-3-5-16(22-6-1-2-7-22)14(15)12-21-8-9-23-13(11-21)10-20-17(24)18(23)25/h3-5,13H,1-2,6-12H2,(H,20,24)/t13-/m0/s1. The monoisotopic (exact) mass is 346 g/mol. The SMILES string of the molecule is O=C1NC[C@H]2CN(Cc3c(F)cccc3N3CCCC3)CCN2C1=O. The number of amides is 2. The van der Waals surface area contributed by atoms with E-state index in [0.717, 1.165) is 37.2 Å². The second-order valence-electron chi connectivity index (χ2n) is 7.03. The fourth-order valence-corrected chi connectivity index (χ4v) is 4.10. The quantitative estimate of drug-likeness (QED) is 0.813. The van der Waals surface area contributed by atoms with Crippen LogP contribution >= 0.6 is 0 Å². The van der Waals surface area contributed by atoms with Crippen molar-refractivity contribution in [2.45, 2.75) is 25.4 Å². The Bertz CT molecular complexity index is 690. The molecule has 1 atom stereocenters. The van der Waals surface area contributed by atoms with Crippen molar-refractivity contribution in [3.8, 4) is 0 Å². The van der Waals surface area contributed by atoms with Gasteiger partial charge in [0.2, 0.25) is 0 Å². The topological polar surface area (TPSA) is 55.9 Å². The number of halogens is 1. The molecule has 4 rings (SSSR count). The maximum Gasteiger partial charge on any atom is 0.312 e. The zero-order valence-electron chi connectivity index (χ0n) is 14.2. The number of anilines is 1. The van der Waals surface area contributed by atoms with Crippen LogP contribution in [0.5, 0.6) is 0 Å². The lowest BCUT2D eigenvalue weighted by Crippen LogP contribution is -2.65. The van der Waals surface area contributed by atoms with Crippen LogP contribution in [0.3, 0.4) is 0 Å². The Balaban J connectivity index is 1.50. The van der Waals surface area contributed by atoms with Crippen LogP contribution < -0.4 is 10.2 Å².